The van der Waals surface area contributed by atoms with E-state index < -0.39 is 22.6 Å². The lowest BCUT2D eigenvalue weighted by atomic mass is 9.94. The molecule has 0 unspecified atom stereocenters. The van der Waals surface area contributed by atoms with Gasteiger partial charge in [0.2, 0.25) is 0 Å². The van der Waals surface area contributed by atoms with Crippen LogP contribution in [0.25, 0.3) is 0 Å². The van der Waals surface area contributed by atoms with Gasteiger partial charge in [0.05, 0.1) is 5.41 Å². The minimum Gasteiger partial charge on any atom is -0.481 e. The SMILES string of the molecule is CC(C)(Cn1ccc(=O)[nH]c1=O)C(=O)O. The van der Waals surface area contributed by atoms with E-state index in [0.29, 0.717) is 0 Å². The van der Waals surface area contributed by atoms with Crippen LogP contribution in [0.3, 0.4) is 0 Å². The van der Waals surface area contributed by atoms with Crippen molar-refractivity contribution in [3.8, 4) is 0 Å². The van der Waals surface area contributed by atoms with Crippen molar-refractivity contribution in [2.24, 2.45) is 5.41 Å². The fraction of sp³-hybridized carbons (Fsp3) is 0.444. The summed E-state index contributed by atoms with van der Waals surface area (Å²) in [6, 6.07) is 1.18. The number of H-pyrrole nitrogens is 1. The number of carboxylic acid groups (broad SMARTS) is 1. The second kappa shape index (κ2) is 3.72. The van der Waals surface area contributed by atoms with Gasteiger partial charge in [-0.05, 0) is 13.8 Å². The van der Waals surface area contributed by atoms with E-state index in [9.17, 15) is 14.4 Å². The third-order valence-corrected chi connectivity index (χ3v) is 2.04. The Kier molecular flexibility index (Phi) is 2.78. The van der Waals surface area contributed by atoms with Gasteiger partial charge in [-0.3, -0.25) is 19.1 Å². The summed E-state index contributed by atoms with van der Waals surface area (Å²) in [6.07, 6.45) is 1.28. The predicted molar refractivity (Wildman–Crippen MR) is 52.7 cm³/mol. The molecule has 0 aliphatic heterocycles. The van der Waals surface area contributed by atoms with Crippen molar-refractivity contribution in [1.82, 2.24) is 9.55 Å². The van der Waals surface area contributed by atoms with Crippen LogP contribution in [0, 0.1) is 5.41 Å². The van der Waals surface area contributed by atoms with Crippen LogP contribution in [0.5, 0.6) is 0 Å². The molecule has 0 spiro atoms. The molecule has 6 heteroatoms. The molecule has 0 saturated carbocycles. The smallest absolute Gasteiger partial charge is 0.328 e. The summed E-state index contributed by atoms with van der Waals surface area (Å²) in [5, 5.41) is 8.86. The zero-order valence-corrected chi connectivity index (χ0v) is 8.48. The first-order valence-corrected chi connectivity index (χ1v) is 4.36. The highest BCUT2D eigenvalue weighted by atomic mass is 16.4. The molecule has 0 aromatic carbocycles. The zero-order chi connectivity index (χ0) is 11.6. The maximum atomic E-state index is 11.3. The molecule has 0 fully saturated rings. The lowest BCUT2D eigenvalue weighted by Crippen LogP contribution is -2.36. The predicted octanol–water partition coefficient (Wildman–Crippen LogP) is -0.353. The van der Waals surface area contributed by atoms with Crippen molar-refractivity contribution >= 4 is 5.97 Å². The van der Waals surface area contributed by atoms with Crippen LogP contribution in [0.4, 0.5) is 0 Å². The Morgan fingerprint density at radius 3 is 2.60 bits per heavy atom. The molecule has 1 heterocycles. The summed E-state index contributed by atoms with van der Waals surface area (Å²) in [7, 11) is 0. The number of aromatic amines is 1. The Labute approximate surface area is 85.2 Å². The van der Waals surface area contributed by atoms with E-state index in [0.717, 1.165) is 4.57 Å². The van der Waals surface area contributed by atoms with Crippen LogP contribution >= 0.6 is 0 Å². The van der Waals surface area contributed by atoms with Crippen LogP contribution in [0.2, 0.25) is 0 Å². The van der Waals surface area contributed by atoms with Gasteiger partial charge in [-0.2, -0.15) is 0 Å². The first-order valence-electron chi connectivity index (χ1n) is 4.36. The normalized spacial score (nSPS) is 11.3. The van der Waals surface area contributed by atoms with E-state index >= 15 is 0 Å². The van der Waals surface area contributed by atoms with Crippen LogP contribution in [-0.4, -0.2) is 20.6 Å². The number of carbonyl (C=O) groups is 1. The third-order valence-electron chi connectivity index (χ3n) is 2.04. The molecule has 0 bridgehead atoms. The molecular formula is C9H12N2O4. The van der Waals surface area contributed by atoms with Gasteiger partial charge >= 0.3 is 11.7 Å². The Balaban J connectivity index is 3.06. The van der Waals surface area contributed by atoms with Crippen LogP contribution < -0.4 is 11.2 Å². The average molecular weight is 212 g/mol. The maximum Gasteiger partial charge on any atom is 0.328 e. The minimum absolute atomic E-state index is 0.0119. The topological polar surface area (TPSA) is 92.2 Å². The summed E-state index contributed by atoms with van der Waals surface area (Å²) < 4.78 is 1.16. The molecule has 82 valence electrons. The average Bonchev–Trinajstić information content (AvgIpc) is 2.09. The fourth-order valence-corrected chi connectivity index (χ4v) is 1.06. The van der Waals surface area contributed by atoms with Gasteiger partial charge in [-0.25, -0.2) is 4.79 Å². The van der Waals surface area contributed by atoms with Crippen LogP contribution in [0.1, 0.15) is 13.8 Å². The van der Waals surface area contributed by atoms with Gasteiger partial charge < -0.3 is 5.11 Å². The third kappa shape index (κ3) is 2.55. The highest BCUT2D eigenvalue weighted by molar-refractivity contribution is 5.73. The Bertz CT molecular complexity index is 483. The van der Waals surface area contributed by atoms with E-state index in [1.54, 1.807) is 0 Å². The first kappa shape index (κ1) is 11.2. The summed E-state index contributed by atoms with van der Waals surface area (Å²) in [5.74, 6) is -0.999. The molecule has 1 aromatic heterocycles. The number of hydrogen-bond acceptors (Lipinski definition) is 3. The second-order valence-corrected chi connectivity index (χ2v) is 3.93. The highest BCUT2D eigenvalue weighted by Gasteiger charge is 2.27. The van der Waals surface area contributed by atoms with Crippen molar-refractivity contribution < 1.29 is 9.90 Å². The molecular weight excluding hydrogens is 200 g/mol. The lowest BCUT2D eigenvalue weighted by Gasteiger charge is -2.19. The van der Waals surface area contributed by atoms with Crippen molar-refractivity contribution in [2.75, 3.05) is 0 Å². The molecule has 0 aliphatic carbocycles. The summed E-state index contributed by atoms with van der Waals surface area (Å²) in [4.78, 5) is 34.9. The number of nitrogens with one attached hydrogen (secondary N) is 1. The number of nitrogens with zero attached hydrogens (tertiary/aromatic N) is 1. The van der Waals surface area contributed by atoms with Crippen molar-refractivity contribution in [3.63, 3.8) is 0 Å². The minimum atomic E-state index is -1.05. The fourth-order valence-electron chi connectivity index (χ4n) is 1.06. The molecule has 0 atom stereocenters. The van der Waals surface area contributed by atoms with Gasteiger partial charge in [0.15, 0.2) is 0 Å². The van der Waals surface area contributed by atoms with Gasteiger partial charge in [0.25, 0.3) is 5.56 Å². The molecule has 0 aliphatic rings. The molecule has 0 saturated heterocycles. The molecule has 0 amide bonds. The number of aliphatic carboxylic acids is 1. The second-order valence-electron chi connectivity index (χ2n) is 3.93. The molecule has 1 aromatic rings. The lowest BCUT2D eigenvalue weighted by molar-refractivity contribution is -0.147. The van der Waals surface area contributed by atoms with E-state index in [1.807, 2.05) is 0 Å². The Hall–Kier alpha value is -1.85. The van der Waals surface area contributed by atoms with Crippen LogP contribution in [0.15, 0.2) is 21.9 Å². The monoisotopic (exact) mass is 212 g/mol. The van der Waals surface area contributed by atoms with E-state index in [4.69, 9.17) is 5.11 Å². The van der Waals surface area contributed by atoms with Crippen molar-refractivity contribution in [3.05, 3.63) is 33.1 Å². The molecule has 6 nitrogen and oxygen atoms in total. The van der Waals surface area contributed by atoms with Gasteiger partial charge in [-0.1, -0.05) is 0 Å². The van der Waals surface area contributed by atoms with E-state index in [2.05, 4.69) is 4.98 Å². The zero-order valence-electron chi connectivity index (χ0n) is 8.48. The number of carboxylic acids is 1. The Morgan fingerprint density at radius 1 is 1.53 bits per heavy atom. The van der Waals surface area contributed by atoms with Crippen molar-refractivity contribution in [1.29, 1.82) is 0 Å². The first-order chi connectivity index (χ1) is 6.83. The van der Waals surface area contributed by atoms with Gasteiger partial charge in [0.1, 0.15) is 0 Å². The van der Waals surface area contributed by atoms with Gasteiger partial charge in [0, 0.05) is 18.8 Å². The molecule has 1 rings (SSSR count). The maximum absolute atomic E-state index is 11.3. The molecule has 15 heavy (non-hydrogen) atoms. The molecule has 2 N–H and O–H groups in total. The molecule has 0 radical (unpaired) electrons. The van der Waals surface area contributed by atoms with E-state index in [-0.39, 0.29) is 6.54 Å². The summed E-state index contributed by atoms with van der Waals surface area (Å²) >= 11 is 0. The highest BCUT2D eigenvalue weighted by Crippen LogP contribution is 2.16. The standard InChI is InChI=1S/C9H12N2O4/c1-9(2,7(13)14)5-11-4-3-6(12)10-8(11)15/h3-4H,5H2,1-2H3,(H,13,14)(H,10,12,15). The Morgan fingerprint density at radius 2 is 2.13 bits per heavy atom. The largest absolute Gasteiger partial charge is 0.481 e. The van der Waals surface area contributed by atoms with E-state index in [1.165, 1.54) is 26.1 Å². The number of rotatable bonds is 3. The summed E-state index contributed by atoms with van der Waals surface area (Å²) in [5.41, 5.74) is -2.15. The number of hydrogen-bond donors (Lipinski definition) is 2. The number of aromatic nitrogens is 2. The summed E-state index contributed by atoms with van der Waals surface area (Å²) in [6.45, 7) is 3.03. The van der Waals surface area contributed by atoms with Crippen LogP contribution in [-0.2, 0) is 11.3 Å². The van der Waals surface area contributed by atoms with Gasteiger partial charge in [-0.15, -0.1) is 0 Å². The van der Waals surface area contributed by atoms with Crippen molar-refractivity contribution in [2.45, 2.75) is 20.4 Å². The quantitative estimate of drug-likeness (QED) is 0.716.